The highest BCUT2D eigenvalue weighted by Gasteiger charge is 2.14. The summed E-state index contributed by atoms with van der Waals surface area (Å²) in [4.78, 5) is 10.6. The maximum Gasteiger partial charge on any atom is 0.328 e. The molecule has 0 saturated heterocycles. The second-order valence-electron chi connectivity index (χ2n) is 4.62. The molecule has 1 rings (SSSR count). The molecule has 1 atom stereocenters. The van der Waals surface area contributed by atoms with Crippen LogP contribution in [-0.2, 0) is 4.79 Å². The van der Waals surface area contributed by atoms with Crippen molar-refractivity contribution in [3.05, 3.63) is 41.5 Å². The van der Waals surface area contributed by atoms with Crippen LogP contribution >= 0.6 is 0 Å². The van der Waals surface area contributed by atoms with Gasteiger partial charge in [-0.15, -0.1) is 0 Å². The van der Waals surface area contributed by atoms with Gasteiger partial charge in [-0.1, -0.05) is 26.0 Å². The molecule has 19 heavy (non-hydrogen) atoms. The molecule has 0 amide bonds. The standard InChI is InChI=1S/C15H21NO3/c1-10(2)11-5-7-14(19-4)12(9-11)13(16-3)6-8-15(17)18/h5-10,13,16H,1-4H3,(H,17,18)/b8-6+. The van der Waals surface area contributed by atoms with E-state index in [-0.39, 0.29) is 6.04 Å². The molecule has 0 saturated carbocycles. The zero-order chi connectivity index (χ0) is 14.4. The van der Waals surface area contributed by atoms with Crippen molar-refractivity contribution < 1.29 is 14.6 Å². The van der Waals surface area contributed by atoms with Crippen molar-refractivity contribution in [3.63, 3.8) is 0 Å². The second kappa shape index (κ2) is 6.95. The molecule has 4 nitrogen and oxygen atoms in total. The number of hydrogen-bond acceptors (Lipinski definition) is 3. The zero-order valence-electron chi connectivity index (χ0n) is 11.8. The van der Waals surface area contributed by atoms with Crippen LogP contribution in [0.1, 0.15) is 36.9 Å². The number of nitrogens with one attached hydrogen (secondary N) is 1. The molecule has 4 heteroatoms. The molecule has 0 heterocycles. The Labute approximate surface area is 114 Å². The summed E-state index contributed by atoms with van der Waals surface area (Å²) in [6.45, 7) is 4.24. The molecule has 0 aliphatic heterocycles. The van der Waals surface area contributed by atoms with Gasteiger partial charge in [0.2, 0.25) is 0 Å². The number of ether oxygens (including phenoxy) is 1. The first-order valence-electron chi connectivity index (χ1n) is 6.25. The predicted octanol–water partition coefficient (Wildman–Crippen LogP) is 2.72. The molecule has 1 aromatic rings. The van der Waals surface area contributed by atoms with Gasteiger partial charge in [-0.05, 0) is 30.7 Å². The van der Waals surface area contributed by atoms with E-state index in [4.69, 9.17) is 9.84 Å². The van der Waals surface area contributed by atoms with E-state index in [2.05, 4.69) is 25.2 Å². The fraction of sp³-hybridized carbons (Fsp3) is 0.400. The Hall–Kier alpha value is -1.81. The van der Waals surface area contributed by atoms with Gasteiger partial charge in [-0.3, -0.25) is 0 Å². The van der Waals surface area contributed by atoms with E-state index >= 15 is 0 Å². The summed E-state index contributed by atoms with van der Waals surface area (Å²) < 4.78 is 5.35. The third kappa shape index (κ3) is 4.10. The fourth-order valence-corrected chi connectivity index (χ4v) is 1.89. The van der Waals surface area contributed by atoms with Crippen LogP contribution in [0.2, 0.25) is 0 Å². The molecule has 1 unspecified atom stereocenters. The second-order valence-corrected chi connectivity index (χ2v) is 4.62. The normalized spacial score (nSPS) is 12.9. The molecule has 0 aliphatic rings. The highest BCUT2D eigenvalue weighted by Crippen LogP contribution is 2.29. The van der Waals surface area contributed by atoms with E-state index in [0.717, 1.165) is 17.4 Å². The minimum Gasteiger partial charge on any atom is -0.496 e. The summed E-state index contributed by atoms with van der Waals surface area (Å²) in [6, 6.07) is 5.81. The number of benzene rings is 1. The van der Waals surface area contributed by atoms with Crippen molar-refractivity contribution in [1.29, 1.82) is 0 Å². The van der Waals surface area contributed by atoms with Crippen molar-refractivity contribution >= 4 is 5.97 Å². The van der Waals surface area contributed by atoms with Gasteiger partial charge in [0, 0.05) is 11.6 Å². The van der Waals surface area contributed by atoms with Crippen LogP contribution < -0.4 is 10.1 Å². The maximum absolute atomic E-state index is 10.6. The lowest BCUT2D eigenvalue weighted by atomic mass is 9.96. The molecular weight excluding hydrogens is 242 g/mol. The van der Waals surface area contributed by atoms with E-state index in [1.807, 2.05) is 12.1 Å². The van der Waals surface area contributed by atoms with Crippen LogP contribution in [0, 0.1) is 0 Å². The first-order valence-corrected chi connectivity index (χ1v) is 6.25. The average molecular weight is 263 g/mol. The molecule has 0 aliphatic carbocycles. The summed E-state index contributed by atoms with van der Waals surface area (Å²) in [7, 11) is 3.40. The van der Waals surface area contributed by atoms with Gasteiger partial charge >= 0.3 is 5.97 Å². The van der Waals surface area contributed by atoms with Crippen molar-refractivity contribution in [3.8, 4) is 5.75 Å². The monoisotopic (exact) mass is 263 g/mol. The Bertz CT molecular complexity index is 466. The predicted molar refractivity (Wildman–Crippen MR) is 75.7 cm³/mol. The van der Waals surface area contributed by atoms with Crippen LogP contribution in [0.15, 0.2) is 30.4 Å². The van der Waals surface area contributed by atoms with Crippen LogP contribution in [0.5, 0.6) is 5.75 Å². The lowest BCUT2D eigenvalue weighted by Gasteiger charge is -2.18. The lowest BCUT2D eigenvalue weighted by molar-refractivity contribution is -0.131. The molecule has 0 aromatic heterocycles. The largest absolute Gasteiger partial charge is 0.496 e. The van der Waals surface area contributed by atoms with E-state index in [1.54, 1.807) is 20.2 Å². The van der Waals surface area contributed by atoms with Gasteiger partial charge < -0.3 is 15.2 Å². The molecule has 0 fully saturated rings. The first-order chi connectivity index (χ1) is 8.99. The summed E-state index contributed by atoms with van der Waals surface area (Å²) in [5.74, 6) is 0.198. The average Bonchev–Trinajstić information content (AvgIpc) is 2.38. The molecule has 0 bridgehead atoms. The van der Waals surface area contributed by atoms with Crippen LogP contribution in [0.4, 0.5) is 0 Å². The summed E-state index contributed by atoms with van der Waals surface area (Å²) in [5.41, 5.74) is 2.13. The molecule has 104 valence electrons. The number of methoxy groups -OCH3 is 1. The topological polar surface area (TPSA) is 58.6 Å². The summed E-state index contributed by atoms with van der Waals surface area (Å²) in [6.07, 6.45) is 2.76. The van der Waals surface area contributed by atoms with Gasteiger partial charge in [0.05, 0.1) is 13.2 Å². The molecule has 0 radical (unpaired) electrons. The summed E-state index contributed by atoms with van der Waals surface area (Å²) in [5, 5.41) is 11.8. The number of rotatable bonds is 6. The van der Waals surface area contributed by atoms with E-state index in [0.29, 0.717) is 5.92 Å². The molecule has 2 N–H and O–H groups in total. The third-order valence-corrected chi connectivity index (χ3v) is 3.00. The number of hydrogen-bond donors (Lipinski definition) is 2. The van der Waals surface area contributed by atoms with Crippen molar-refractivity contribution in [2.24, 2.45) is 0 Å². The molecule has 0 spiro atoms. The van der Waals surface area contributed by atoms with Gasteiger partial charge in [0.1, 0.15) is 5.75 Å². The van der Waals surface area contributed by atoms with Crippen molar-refractivity contribution in [1.82, 2.24) is 5.32 Å². The Morgan fingerprint density at radius 3 is 2.58 bits per heavy atom. The highest BCUT2D eigenvalue weighted by molar-refractivity contribution is 5.79. The van der Waals surface area contributed by atoms with E-state index in [9.17, 15) is 4.79 Å². The van der Waals surface area contributed by atoms with Crippen LogP contribution in [0.3, 0.4) is 0 Å². The quantitative estimate of drug-likeness (QED) is 0.775. The molecule has 1 aromatic carbocycles. The maximum atomic E-state index is 10.6. The van der Waals surface area contributed by atoms with Gasteiger partial charge in [0.15, 0.2) is 0 Å². The Morgan fingerprint density at radius 1 is 1.42 bits per heavy atom. The number of carboxylic acid groups (broad SMARTS) is 1. The van der Waals surface area contributed by atoms with Gasteiger partial charge in [0.25, 0.3) is 0 Å². The molecular formula is C15H21NO3. The van der Waals surface area contributed by atoms with E-state index < -0.39 is 5.97 Å². The SMILES string of the molecule is CNC(/C=C/C(=O)O)c1cc(C(C)C)ccc1OC. The number of likely N-dealkylation sites (N-methyl/N-ethyl adjacent to an activating group) is 1. The highest BCUT2D eigenvalue weighted by atomic mass is 16.5. The van der Waals surface area contributed by atoms with Crippen LogP contribution in [-0.4, -0.2) is 25.2 Å². The minimum atomic E-state index is -0.959. The zero-order valence-corrected chi connectivity index (χ0v) is 11.8. The number of carbonyl (C=O) groups is 1. The number of aliphatic carboxylic acids is 1. The van der Waals surface area contributed by atoms with Crippen molar-refractivity contribution in [2.45, 2.75) is 25.8 Å². The Morgan fingerprint density at radius 2 is 2.11 bits per heavy atom. The smallest absolute Gasteiger partial charge is 0.328 e. The first kappa shape index (κ1) is 15.2. The van der Waals surface area contributed by atoms with E-state index in [1.165, 1.54) is 5.56 Å². The van der Waals surface area contributed by atoms with Gasteiger partial charge in [-0.25, -0.2) is 4.79 Å². The van der Waals surface area contributed by atoms with Crippen molar-refractivity contribution in [2.75, 3.05) is 14.2 Å². The van der Waals surface area contributed by atoms with Gasteiger partial charge in [-0.2, -0.15) is 0 Å². The summed E-state index contributed by atoms with van der Waals surface area (Å²) >= 11 is 0. The lowest BCUT2D eigenvalue weighted by Crippen LogP contribution is -2.15. The minimum absolute atomic E-state index is 0.190. The fourth-order valence-electron chi connectivity index (χ4n) is 1.89. The Kier molecular flexibility index (Phi) is 5.57. The number of carboxylic acids is 1. The third-order valence-electron chi connectivity index (χ3n) is 3.00. The van der Waals surface area contributed by atoms with Crippen LogP contribution in [0.25, 0.3) is 0 Å². The Balaban J connectivity index is 3.19.